The second kappa shape index (κ2) is 5.79. The normalized spacial score (nSPS) is 9.62. The fourth-order valence-electron chi connectivity index (χ4n) is 1.06. The number of hydrogen-bond acceptors (Lipinski definition) is 4. The first kappa shape index (κ1) is 12.1. The maximum Gasteiger partial charge on any atom is 0.316 e. The number of rotatable bonds is 4. The lowest BCUT2D eigenvalue weighted by molar-refractivity contribution is 0.218. The summed E-state index contributed by atoms with van der Waals surface area (Å²) in [5, 5.41) is 5.79. The van der Waals surface area contributed by atoms with Crippen molar-refractivity contribution < 1.29 is 4.79 Å². The van der Waals surface area contributed by atoms with Gasteiger partial charge in [0.2, 0.25) is 0 Å². The molecule has 2 amide bonds. The molecule has 0 atom stereocenters. The zero-order valence-corrected chi connectivity index (χ0v) is 9.53. The number of nitrogen functional groups attached to an aromatic ring is 1. The van der Waals surface area contributed by atoms with E-state index in [0.717, 1.165) is 0 Å². The van der Waals surface area contributed by atoms with Gasteiger partial charge in [0.05, 0.1) is 0 Å². The molecule has 0 radical (unpaired) electrons. The fourth-order valence-corrected chi connectivity index (χ4v) is 1.06. The highest BCUT2D eigenvalue weighted by Crippen LogP contribution is 2.06. The van der Waals surface area contributed by atoms with Gasteiger partial charge in [-0.2, -0.15) is 0 Å². The van der Waals surface area contributed by atoms with Crippen LogP contribution in [0.1, 0.15) is 0 Å². The first-order chi connectivity index (χ1) is 7.59. The number of pyridine rings is 1. The van der Waals surface area contributed by atoms with Crippen LogP contribution in [0, 0.1) is 0 Å². The van der Waals surface area contributed by atoms with E-state index in [9.17, 15) is 4.79 Å². The van der Waals surface area contributed by atoms with Crippen molar-refractivity contribution in [2.24, 2.45) is 0 Å². The Balaban J connectivity index is 2.23. The summed E-state index contributed by atoms with van der Waals surface area (Å²) >= 11 is 0. The van der Waals surface area contributed by atoms with Crippen LogP contribution < -0.4 is 16.4 Å². The van der Waals surface area contributed by atoms with Crippen molar-refractivity contribution in [2.45, 2.75) is 0 Å². The van der Waals surface area contributed by atoms with Crippen molar-refractivity contribution in [1.82, 2.24) is 15.2 Å². The van der Waals surface area contributed by atoms with Crippen LogP contribution >= 0.6 is 0 Å². The molecule has 4 N–H and O–H groups in total. The topological polar surface area (TPSA) is 83.3 Å². The number of aromatic nitrogens is 1. The molecule has 0 spiro atoms. The van der Waals surface area contributed by atoms with Crippen LogP contribution in [0.5, 0.6) is 0 Å². The van der Waals surface area contributed by atoms with Crippen LogP contribution in [0.3, 0.4) is 0 Å². The van der Waals surface area contributed by atoms with Gasteiger partial charge in [0.1, 0.15) is 5.82 Å². The van der Waals surface area contributed by atoms with Gasteiger partial charge in [0.25, 0.3) is 0 Å². The quantitative estimate of drug-likeness (QED) is 0.643. The first-order valence-corrected chi connectivity index (χ1v) is 5.00. The minimum Gasteiger partial charge on any atom is -0.399 e. The Morgan fingerprint density at radius 2 is 2.25 bits per heavy atom. The molecular formula is C10H17N5O. The molecule has 0 fully saturated rings. The minimum atomic E-state index is -0.109. The Hall–Kier alpha value is -1.98. The monoisotopic (exact) mass is 223 g/mol. The van der Waals surface area contributed by atoms with Crippen LogP contribution in [0.25, 0.3) is 0 Å². The average molecular weight is 223 g/mol. The van der Waals surface area contributed by atoms with Gasteiger partial charge >= 0.3 is 6.03 Å². The van der Waals surface area contributed by atoms with E-state index in [-0.39, 0.29) is 6.03 Å². The van der Waals surface area contributed by atoms with Crippen LogP contribution in [0.2, 0.25) is 0 Å². The van der Waals surface area contributed by atoms with Gasteiger partial charge < -0.3 is 21.3 Å². The van der Waals surface area contributed by atoms with E-state index < -0.39 is 0 Å². The Bertz CT molecular complexity index is 353. The summed E-state index contributed by atoms with van der Waals surface area (Å²) in [7, 11) is 3.39. The molecule has 0 aliphatic carbocycles. The van der Waals surface area contributed by atoms with Crippen LogP contribution in [0.15, 0.2) is 18.3 Å². The first-order valence-electron chi connectivity index (χ1n) is 5.00. The highest BCUT2D eigenvalue weighted by atomic mass is 16.2. The second-order valence-corrected chi connectivity index (χ2v) is 3.53. The van der Waals surface area contributed by atoms with Gasteiger partial charge in [0, 0.05) is 45.1 Å². The summed E-state index contributed by atoms with van der Waals surface area (Å²) in [5.41, 5.74) is 6.26. The predicted octanol–water partition coefficient (Wildman–Crippen LogP) is 0.347. The summed E-state index contributed by atoms with van der Waals surface area (Å²) in [5.74, 6) is 0.708. The maximum absolute atomic E-state index is 11.2. The maximum atomic E-state index is 11.2. The molecule has 16 heavy (non-hydrogen) atoms. The number of carbonyl (C=O) groups excluding carboxylic acids is 1. The standard InChI is InChI=1S/C10H17N5O/c1-15(2)10(16)14-6-5-13-9-7-8(11)3-4-12-9/h3-4,7H,5-6H2,1-2H3,(H,14,16)(H3,11,12,13). The van der Waals surface area contributed by atoms with E-state index in [1.807, 2.05) is 0 Å². The average Bonchev–Trinajstić information content (AvgIpc) is 2.24. The third-order valence-corrected chi connectivity index (χ3v) is 1.90. The number of hydrogen-bond donors (Lipinski definition) is 3. The third kappa shape index (κ3) is 4.04. The Labute approximate surface area is 94.8 Å². The number of nitrogens with one attached hydrogen (secondary N) is 2. The highest BCUT2D eigenvalue weighted by Gasteiger charge is 2.00. The summed E-state index contributed by atoms with van der Waals surface area (Å²) in [4.78, 5) is 16.7. The largest absolute Gasteiger partial charge is 0.399 e. The van der Waals surface area contributed by atoms with Gasteiger partial charge in [-0.25, -0.2) is 9.78 Å². The van der Waals surface area contributed by atoms with Crippen LogP contribution in [0.4, 0.5) is 16.3 Å². The minimum absolute atomic E-state index is 0.109. The summed E-state index contributed by atoms with van der Waals surface area (Å²) < 4.78 is 0. The molecule has 0 aliphatic rings. The lowest BCUT2D eigenvalue weighted by Gasteiger charge is -2.12. The van der Waals surface area contributed by atoms with E-state index in [4.69, 9.17) is 5.73 Å². The summed E-state index contributed by atoms with van der Waals surface area (Å²) in [6.07, 6.45) is 1.63. The Morgan fingerprint density at radius 3 is 2.88 bits per heavy atom. The van der Waals surface area contributed by atoms with Crippen molar-refractivity contribution in [1.29, 1.82) is 0 Å². The molecule has 1 aromatic rings. The molecule has 6 heteroatoms. The number of carbonyl (C=O) groups is 1. The van der Waals surface area contributed by atoms with Crippen molar-refractivity contribution in [3.8, 4) is 0 Å². The third-order valence-electron chi connectivity index (χ3n) is 1.90. The van der Waals surface area contributed by atoms with Gasteiger partial charge in [-0.3, -0.25) is 0 Å². The highest BCUT2D eigenvalue weighted by molar-refractivity contribution is 5.73. The van der Waals surface area contributed by atoms with Crippen molar-refractivity contribution >= 4 is 17.5 Å². The van der Waals surface area contributed by atoms with E-state index in [2.05, 4.69) is 15.6 Å². The number of anilines is 2. The molecule has 88 valence electrons. The van der Waals surface area contributed by atoms with Gasteiger partial charge in [-0.05, 0) is 6.07 Å². The van der Waals surface area contributed by atoms with Gasteiger partial charge in [-0.1, -0.05) is 0 Å². The zero-order valence-electron chi connectivity index (χ0n) is 9.53. The zero-order chi connectivity index (χ0) is 12.0. The molecule has 0 aromatic carbocycles. The molecule has 0 saturated carbocycles. The molecule has 1 heterocycles. The molecule has 0 saturated heterocycles. The Morgan fingerprint density at radius 1 is 1.50 bits per heavy atom. The van der Waals surface area contributed by atoms with E-state index in [1.165, 1.54) is 4.90 Å². The summed E-state index contributed by atoms with van der Waals surface area (Å²) in [6.45, 7) is 1.14. The molecule has 0 bridgehead atoms. The summed E-state index contributed by atoms with van der Waals surface area (Å²) in [6, 6.07) is 3.36. The fraction of sp³-hybridized carbons (Fsp3) is 0.400. The molecule has 0 aliphatic heterocycles. The van der Waals surface area contributed by atoms with E-state index in [1.54, 1.807) is 32.4 Å². The predicted molar refractivity (Wildman–Crippen MR) is 64.2 cm³/mol. The van der Waals surface area contributed by atoms with Crippen molar-refractivity contribution in [3.63, 3.8) is 0 Å². The van der Waals surface area contributed by atoms with Crippen molar-refractivity contribution in [3.05, 3.63) is 18.3 Å². The van der Waals surface area contributed by atoms with Crippen LogP contribution in [-0.4, -0.2) is 43.1 Å². The van der Waals surface area contributed by atoms with Gasteiger partial charge in [0.15, 0.2) is 0 Å². The SMILES string of the molecule is CN(C)C(=O)NCCNc1cc(N)ccn1. The number of nitrogens with zero attached hydrogens (tertiary/aromatic N) is 2. The lowest BCUT2D eigenvalue weighted by Crippen LogP contribution is -2.37. The van der Waals surface area contributed by atoms with E-state index >= 15 is 0 Å². The molecular weight excluding hydrogens is 206 g/mol. The second-order valence-electron chi connectivity index (χ2n) is 3.53. The molecule has 6 nitrogen and oxygen atoms in total. The number of urea groups is 1. The smallest absolute Gasteiger partial charge is 0.316 e. The molecule has 1 rings (SSSR count). The number of amides is 2. The molecule has 0 unspecified atom stereocenters. The van der Waals surface area contributed by atoms with Gasteiger partial charge in [-0.15, -0.1) is 0 Å². The lowest BCUT2D eigenvalue weighted by atomic mass is 10.4. The number of nitrogens with two attached hydrogens (primary N) is 1. The van der Waals surface area contributed by atoms with Crippen LogP contribution in [-0.2, 0) is 0 Å². The Kier molecular flexibility index (Phi) is 4.38. The molecule has 1 aromatic heterocycles. The van der Waals surface area contributed by atoms with Crippen molar-refractivity contribution in [2.75, 3.05) is 38.2 Å². The van der Waals surface area contributed by atoms with E-state index in [0.29, 0.717) is 24.6 Å².